The number of carboxylic acid groups (broad SMARTS) is 1. The van der Waals surface area contributed by atoms with E-state index in [9.17, 15) is 14.7 Å². The first-order valence-electron chi connectivity index (χ1n) is 9.61. The molecule has 3 N–H and O–H groups in total. The van der Waals surface area contributed by atoms with Crippen molar-refractivity contribution in [3.63, 3.8) is 0 Å². The van der Waals surface area contributed by atoms with E-state index in [1.54, 1.807) is 20.8 Å². The first kappa shape index (κ1) is 21.0. The van der Waals surface area contributed by atoms with Gasteiger partial charge in [0.05, 0.1) is 11.7 Å². The van der Waals surface area contributed by atoms with Gasteiger partial charge in [-0.2, -0.15) is 0 Å². The summed E-state index contributed by atoms with van der Waals surface area (Å²) in [6.45, 7) is 6.78. The Morgan fingerprint density at radius 2 is 1.52 bits per heavy atom. The summed E-state index contributed by atoms with van der Waals surface area (Å²) in [5, 5.41) is 9.67. The molecule has 0 spiro atoms. The van der Waals surface area contributed by atoms with Crippen molar-refractivity contribution >= 4 is 11.9 Å². The minimum atomic E-state index is -2.30. The van der Waals surface area contributed by atoms with E-state index in [0.717, 1.165) is 22.3 Å². The number of carboxylic acids is 1. The van der Waals surface area contributed by atoms with Crippen molar-refractivity contribution in [1.29, 1.82) is 0 Å². The lowest BCUT2D eigenvalue weighted by Crippen LogP contribution is -2.64. The highest BCUT2D eigenvalue weighted by Crippen LogP contribution is 2.44. The van der Waals surface area contributed by atoms with Gasteiger partial charge in [-0.1, -0.05) is 48.5 Å². The van der Waals surface area contributed by atoms with Crippen LogP contribution in [0.15, 0.2) is 48.5 Å². The lowest BCUT2D eigenvalue weighted by atomic mass is 9.93. The van der Waals surface area contributed by atoms with Gasteiger partial charge in [0.1, 0.15) is 6.61 Å². The van der Waals surface area contributed by atoms with Gasteiger partial charge in [-0.25, -0.2) is 9.59 Å². The molecule has 0 aliphatic heterocycles. The number of ether oxygens (including phenoxy) is 2. The van der Waals surface area contributed by atoms with Gasteiger partial charge >= 0.3 is 11.9 Å². The lowest BCUT2D eigenvalue weighted by molar-refractivity contribution is -0.174. The van der Waals surface area contributed by atoms with Gasteiger partial charge in [-0.15, -0.1) is 0 Å². The van der Waals surface area contributed by atoms with Gasteiger partial charge in [0.2, 0.25) is 5.54 Å². The van der Waals surface area contributed by atoms with Crippen molar-refractivity contribution in [2.24, 2.45) is 5.73 Å². The van der Waals surface area contributed by atoms with Crippen LogP contribution in [0.3, 0.4) is 0 Å². The van der Waals surface area contributed by atoms with E-state index in [1.807, 2.05) is 48.5 Å². The third-order valence-corrected chi connectivity index (χ3v) is 5.21. The highest BCUT2D eigenvalue weighted by atomic mass is 16.6. The summed E-state index contributed by atoms with van der Waals surface area (Å²) in [5.41, 5.74) is 7.30. The van der Waals surface area contributed by atoms with Crippen LogP contribution in [0, 0.1) is 0 Å². The van der Waals surface area contributed by atoms with Crippen LogP contribution in [-0.4, -0.2) is 40.9 Å². The molecular weight excluding hydrogens is 370 g/mol. The van der Waals surface area contributed by atoms with Crippen molar-refractivity contribution in [3.05, 3.63) is 59.7 Å². The standard InChI is InChI=1S/C23H27NO5/c1-14(29-22(2,3)4)23(24,20(25)26)21(27)28-13-19-17-11-7-5-9-15(17)16-10-6-8-12-18(16)19/h5-12,14,19H,13,24H2,1-4H3,(H,25,26)/t14-,23+/m1/s1. The smallest absolute Gasteiger partial charge is 0.340 e. The van der Waals surface area contributed by atoms with Crippen molar-refractivity contribution in [1.82, 2.24) is 0 Å². The first-order chi connectivity index (χ1) is 13.6. The van der Waals surface area contributed by atoms with E-state index in [1.165, 1.54) is 6.92 Å². The number of aliphatic carboxylic acids is 1. The summed E-state index contributed by atoms with van der Waals surface area (Å²) < 4.78 is 11.1. The zero-order valence-corrected chi connectivity index (χ0v) is 17.1. The molecule has 154 valence electrons. The van der Waals surface area contributed by atoms with E-state index in [0.29, 0.717) is 0 Å². The Kier molecular flexibility index (Phi) is 5.52. The zero-order chi connectivity index (χ0) is 21.4. The largest absolute Gasteiger partial charge is 0.479 e. The van der Waals surface area contributed by atoms with E-state index in [2.05, 4.69) is 0 Å². The Hall–Kier alpha value is -2.70. The van der Waals surface area contributed by atoms with Gasteiger partial charge in [-0.05, 0) is 49.9 Å². The molecule has 0 unspecified atom stereocenters. The van der Waals surface area contributed by atoms with Crippen LogP contribution >= 0.6 is 0 Å². The summed E-state index contributed by atoms with van der Waals surface area (Å²) >= 11 is 0. The number of rotatable bonds is 6. The normalized spacial score (nSPS) is 16.4. The fourth-order valence-corrected chi connectivity index (χ4v) is 3.77. The molecule has 1 aliphatic carbocycles. The molecule has 6 nitrogen and oxygen atoms in total. The summed E-state index contributed by atoms with van der Waals surface area (Å²) in [6.07, 6.45) is -1.07. The van der Waals surface area contributed by atoms with Crippen LogP contribution in [0.2, 0.25) is 0 Å². The van der Waals surface area contributed by atoms with Gasteiger partial charge in [0, 0.05) is 5.92 Å². The molecule has 2 aromatic rings. The van der Waals surface area contributed by atoms with Crippen LogP contribution in [0.25, 0.3) is 11.1 Å². The number of hydrogen-bond acceptors (Lipinski definition) is 5. The minimum Gasteiger partial charge on any atom is -0.479 e. The molecule has 0 radical (unpaired) electrons. The highest BCUT2D eigenvalue weighted by molar-refractivity contribution is 6.04. The fourth-order valence-electron chi connectivity index (χ4n) is 3.77. The molecule has 0 amide bonds. The Labute approximate surface area is 170 Å². The van der Waals surface area contributed by atoms with E-state index in [-0.39, 0.29) is 12.5 Å². The molecule has 1 aliphatic rings. The maximum absolute atomic E-state index is 12.8. The van der Waals surface area contributed by atoms with Crippen LogP contribution in [0.1, 0.15) is 44.7 Å². The summed E-state index contributed by atoms with van der Waals surface area (Å²) in [7, 11) is 0. The summed E-state index contributed by atoms with van der Waals surface area (Å²) in [4.78, 5) is 24.7. The molecule has 0 heterocycles. The van der Waals surface area contributed by atoms with Gasteiger partial charge in [-0.3, -0.25) is 0 Å². The maximum Gasteiger partial charge on any atom is 0.340 e. The second-order valence-corrected chi connectivity index (χ2v) is 8.37. The lowest BCUT2D eigenvalue weighted by Gasteiger charge is -2.34. The number of carbonyl (C=O) groups excluding carboxylic acids is 1. The highest BCUT2D eigenvalue weighted by Gasteiger charge is 2.51. The number of fused-ring (bicyclic) bond motifs is 3. The van der Waals surface area contributed by atoms with Gasteiger partial charge < -0.3 is 20.3 Å². The Morgan fingerprint density at radius 1 is 1.03 bits per heavy atom. The van der Waals surface area contributed by atoms with Crippen LogP contribution < -0.4 is 5.73 Å². The Morgan fingerprint density at radius 3 is 1.97 bits per heavy atom. The first-order valence-corrected chi connectivity index (χ1v) is 9.61. The van der Waals surface area contributed by atoms with Gasteiger partial charge in [0.25, 0.3) is 0 Å². The van der Waals surface area contributed by atoms with Crippen molar-refractivity contribution < 1.29 is 24.2 Å². The molecule has 0 saturated carbocycles. The monoisotopic (exact) mass is 397 g/mol. The predicted octanol–water partition coefficient (Wildman–Crippen LogP) is 3.33. The van der Waals surface area contributed by atoms with E-state index < -0.39 is 29.2 Å². The molecule has 6 heteroatoms. The van der Waals surface area contributed by atoms with Crippen molar-refractivity contribution in [2.75, 3.05) is 6.61 Å². The van der Waals surface area contributed by atoms with E-state index >= 15 is 0 Å². The molecule has 0 saturated heterocycles. The van der Waals surface area contributed by atoms with Crippen molar-refractivity contribution in [2.45, 2.75) is 50.9 Å². The predicted molar refractivity (Wildman–Crippen MR) is 110 cm³/mol. The average Bonchev–Trinajstić information content (AvgIpc) is 2.97. The molecule has 3 rings (SSSR count). The summed E-state index contributed by atoms with van der Waals surface area (Å²) in [6, 6.07) is 15.8. The SMILES string of the molecule is C[C@@H](OC(C)(C)C)[C@](N)(C(=O)O)C(=O)OCC1c2ccccc2-c2ccccc21. The number of hydrogen-bond donors (Lipinski definition) is 2. The maximum atomic E-state index is 12.8. The molecule has 29 heavy (non-hydrogen) atoms. The molecule has 2 atom stereocenters. The second-order valence-electron chi connectivity index (χ2n) is 8.37. The third-order valence-electron chi connectivity index (χ3n) is 5.21. The number of esters is 1. The molecule has 0 bridgehead atoms. The number of benzene rings is 2. The third kappa shape index (κ3) is 3.91. The van der Waals surface area contributed by atoms with Crippen LogP contribution in [0.5, 0.6) is 0 Å². The average molecular weight is 397 g/mol. The second kappa shape index (κ2) is 7.61. The van der Waals surface area contributed by atoms with Crippen molar-refractivity contribution in [3.8, 4) is 11.1 Å². The molecular formula is C23H27NO5. The van der Waals surface area contributed by atoms with Gasteiger partial charge in [0.15, 0.2) is 0 Å². The van der Waals surface area contributed by atoms with Crippen LogP contribution in [-0.2, 0) is 19.1 Å². The van der Waals surface area contributed by atoms with E-state index in [4.69, 9.17) is 15.2 Å². The molecule has 0 aromatic heterocycles. The zero-order valence-electron chi connectivity index (χ0n) is 17.1. The molecule has 2 aromatic carbocycles. The Bertz CT molecular complexity index is 887. The molecule has 0 fully saturated rings. The topological polar surface area (TPSA) is 98.9 Å². The minimum absolute atomic E-state index is 0.00132. The number of nitrogens with two attached hydrogens (primary N) is 1. The Balaban J connectivity index is 1.83. The summed E-state index contributed by atoms with van der Waals surface area (Å²) in [5.74, 6) is -2.67. The number of carbonyl (C=O) groups is 2. The fraction of sp³-hybridized carbons (Fsp3) is 0.391. The van der Waals surface area contributed by atoms with Crippen LogP contribution in [0.4, 0.5) is 0 Å². The quantitative estimate of drug-likeness (QED) is 0.573.